The van der Waals surface area contributed by atoms with Gasteiger partial charge in [0.15, 0.2) is 17.3 Å². The van der Waals surface area contributed by atoms with Gasteiger partial charge < -0.3 is 15.2 Å². The number of anilines is 1. The molecule has 0 aliphatic carbocycles. The van der Waals surface area contributed by atoms with Crippen molar-refractivity contribution >= 4 is 17.0 Å². The molecule has 0 saturated carbocycles. The molecule has 1 atom stereocenters. The summed E-state index contributed by atoms with van der Waals surface area (Å²) in [6.07, 6.45) is 3.12. The van der Waals surface area contributed by atoms with Gasteiger partial charge in [0.05, 0.1) is 12.6 Å². The molecule has 1 unspecified atom stereocenters. The summed E-state index contributed by atoms with van der Waals surface area (Å²) in [5.41, 5.74) is -0.184. The molecule has 28 heavy (non-hydrogen) atoms. The summed E-state index contributed by atoms with van der Waals surface area (Å²) in [6.45, 7) is 1.94. The Labute approximate surface area is 159 Å². The van der Waals surface area contributed by atoms with Crippen LogP contribution in [0.25, 0.3) is 11.0 Å². The van der Waals surface area contributed by atoms with Crippen molar-refractivity contribution in [1.29, 1.82) is 0 Å². The second-order valence-corrected chi connectivity index (χ2v) is 6.33. The maximum absolute atomic E-state index is 13.8. The number of ether oxygens (including phenoxy) is 1. The van der Waals surface area contributed by atoms with E-state index in [9.17, 15) is 18.7 Å². The normalized spacial score (nSPS) is 12.2. The van der Waals surface area contributed by atoms with Crippen LogP contribution in [0.15, 0.2) is 35.3 Å². The van der Waals surface area contributed by atoms with E-state index < -0.39 is 17.2 Å². The highest BCUT2D eigenvalue weighted by atomic mass is 19.1. The molecule has 0 aliphatic rings. The van der Waals surface area contributed by atoms with E-state index >= 15 is 0 Å². The van der Waals surface area contributed by atoms with E-state index in [2.05, 4.69) is 15.3 Å². The summed E-state index contributed by atoms with van der Waals surface area (Å²) in [4.78, 5) is 21.1. The van der Waals surface area contributed by atoms with Crippen LogP contribution in [0.3, 0.4) is 0 Å². The van der Waals surface area contributed by atoms with Gasteiger partial charge >= 0.3 is 0 Å². The molecular formula is C19H20F2N4O3. The molecule has 148 valence electrons. The summed E-state index contributed by atoms with van der Waals surface area (Å²) in [6, 6.07) is 4.04. The zero-order valence-corrected chi connectivity index (χ0v) is 15.4. The summed E-state index contributed by atoms with van der Waals surface area (Å²) in [7, 11) is 1.50. The lowest BCUT2D eigenvalue weighted by atomic mass is 10.2. The number of pyridine rings is 1. The standard InChI is InChI=1S/C19H20F2N4O3/c1-3-4-13(10-26)23-19-22-9-11-7-16(18(27)25(2)17(11)24-19)28-15-6-5-12(20)8-14(15)21/h5-9,13,26H,3-4,10H2,1-2H3,(H,22,23,24). The largest absolute Gasteiger partial charge is 0.448 e. The van der Waals surface area contributed by atoms with Gasteiger partial charge in [-0.05, 0) is 24.6 Å². The van der Waals surface area contributed by atoms with Gasteiger partial charge in [0.1, 0.15) is 11.5 Å². The summed E-state index contributed by atoms with van der Waals surface area (Å²) in [5.74, 6) is -1.77. The van der Waals surface area contributed by atoms with E-state index in [1.54, 1.807) is 0 Å². The average Bonchev–Trinajstić information content (AvgIpc) is 2.68. The van der Waals surface area contributed by atoms with Crippen molar-refractivity contribution in [3.8, 4) is 11.5 Å². The van der Waals surface area contributed by atoms with Crippen molar-refractivity contribution in [2.45, 2.75) is 25.8 Å². The van der Waals surface area contributed by atoms with Crippen LogP contribution >= 0.6 is 0 Å². The average molecular weight is 390 g/mol. The van der Waals surface area contributed by atoms with Crippen LogP contribution in [0.4, 0.5) is 14.7 Å². The highest BCUT2D eigenvalue weighted by Gasteiger charge is 2.15. The molecule has 2 N–H and O–H groups in total. The lowest BCUT2D eigenvalue weighted by molar-refractivity contribution is 0.268. The minimum absolute atomic E-state index is 0.0653. The topological polar surface area (TPSA) is 89.3 Å². The first-order valence-corrected chi connectivity index (χ1v) is 8.80. The minimum atomic E-state index is -0.913. The number of benzene rings is 1. The van der Waals surface area contributed by atoms with Crippen molar-refractivity contribution < 1.29 is 18.6 Å². The maximum Gasteiger partial charge on any atom is 0.294 e. The molecule has 0 amide bonds. The summed E-state index contributed by atoms with van der Waals surface area (Å²) >= 11 is 0. The van der Waals surface area contributed by atoms with E-state index in [0.29, 0.717) is 17.1 Å². The fourth-order valence-corrected chi connectivity index (χ4v) is 2.78. The first-order chi connectivity index (χ1) is 13.4. The molecule has 9 heteroatoms. The van der Waals surface area contributed by atoms with Gasteiger partial charge in [0.25, 0.3) is 5.56 Å². The second kappa shape index (κ2) is 8.30. The molecule has 1 aromatic carbocycles. The number of hydrogen-bond acceptors (Lipinski definition) is 6. The van der Waals surface area contributed by atoms with Crippen LogP contribution in [-0.4, -0.2) is 32.3 Å². The Balaban J connectivity index is 1.96. The number of fused-ring (bicyclic) bond motifs is 1. The smallest absolute Gasteiger partial charge is 0.294 e. The van der Waals surface area contributed by atoms with Gasteiger partial charge in [-0.15, -0.1) is 0 Å². The number of aromatic nitrogens is 3. The van der Waals surface area contributed by atoms with Crippen LogP contribution in [0, 0.1) is 11.6 Å². The SMILES string of the molecule is CCCC(CO)Nc1ncc2cc(Oc3ccc(F)cc3F)c(=O)n(C)c2n1. The third kappa shape index (κ3) is 4.09. The highest BCUT2D eigenvalue weighted by Crippen LogP contribution is 2.25. The van der Waals surface area contributed by atoms with Gasteiger partial charge in [-0.25, -0.2) is 13.8 Å². The van der Waals surface area contributed by atoms with Crippen molar-refractivity contribution in [3.05, 3.63) is 52.5 Å². The van der Waals surface area contributed by atoms with Gasteiger partial charge in [-0.3, -0.25) is 9.36 Å². The number of nitrogens with one attached hydrogen (secondary N) is 1. The molecule has 0 fully saturated rings. The molecule has 3 rings (SSSR count). The van der Waals surface area contributed by atoms with E-state index in [1.165, 1.54) is 23.9 Å². The van der Waals surface area contributed by atoms with Gasteiger partial charge in [-0.1, -0.05) is 13.3 Å². The second-order valence-electron chi connectivity index (χ2n) is 6.33. The molecular weight excluding hydrogens is 370 g/mol. The Kier molecular flexibility index (Phi) is 5.84. The maximum atomic E-state index is 13.8. The highest BCUT2D eigenvalue weighted by molar-refractivity contribution is 5.76. The molecule has 0 saturated heterocycles. The monoisotopic (exact) mass is 390 g/mol. The van der Waals surface area contributed by atoms with E-state index in [1.807, 2.05) is 6.92 Å². The van der Waals surface area contributed by atoms with Crippen molar-refractivity contribution in [2.24, 2.45) is 7.05 Å². The van der Waals surface area contributed by atoms with Crippen LogP contribution in [0.5, 0.6) is 11.5 Å². The Morgan fingerprint density at radius 2 is 2.07 bits per heavy atom. The van der Waals surface area contributed by atoms with E-state index in [4.69, 9.17) is 4.74 Å². The number of aryl methyl sites for hydroxylation is 1. The van der Waals surface area contributed by atoms with Gasteiger partial charge in [-0.2, -0.15) is 4.98 Å². The van der Waals surface area contributed by atoms with Crippen LogP contribution in [0.1, 0.15) is 19.8 Å². The van der Waals surface area contributed by atoms with E-state index in [0.717, 1.165) is 25.0 Å². The third-order valence-corrected chi connectivity index (χ3v) is 4.22. The van der Waals surface area contributed by atoms with Gasteiger partial charge in [0, 0.05) is 24.7 Å². The van der Waals surface area contributed by atoms with Crippen molar-refractivity contribution in [1.82, 2.24) is 14.5 Å². The zero-order valence-electron chi connectivity index (χ0n) is 15.4. The first kappa shape index (κ1) is 19.7. The Bertz CT molecular complexity index is 1060. The molecule has 3 aromatic rings. The Hall–Kier alpha value is -3.07. The van der Waals surface area contributed by atoms with Crippen LogP contribution < -0.4 is 15.6 Å². The number of halogens is 2. The lowest BCUT2D eigenvalue weighted by Gasteiger charge is -2.16. The molecule has 0 bridgehead atoms. The summed E-state index contributed by atoms with van der Waals surface area (Å²) in [5, 5.41) is 12.9. The summed E-state index contributed by atoms with van der Waals surface area (Å²) < 4.78 is 33.5. The Morgan fingerprint density at radius 3 is 2.75 bits per heavy atom. The molecule has 7 nitrogen and oxygen atoms in total. The molecule has 0 radical (unpaired) electrons. The quantitative estimate of drug-likeness (QED) is 0.645. The number of rotatable bonds is 7. The predicted octanol–water partition coefficient (Wildman–Crippen LogP) is 2.97. The lowest BCUT2D eigenvalue weighted by Crippen LogP contribution is -2.25. The fourth-order valence-electron chi connectivity index (χ4n) is 2.78. The minimum Gasteiger partial charge on any atom is -0.448 e. The number of aliphatic hydroxyl groups excluding tert-OH is 1. The van der Waals surface area contributed by atoms with Crippen molar-refractivity contribution in [2.75, 3.05) is 11.9 Å². The molecule has 2 aromatic heterocycles. The number of aliphatic hydroxyl groups is 1. The molecule has 0 spiro atoms. The zero-order chi connectivity index (χ0) is 20.3. The Morgan fingerprint density at radius 1 is 1.29 bits per heavy atom. The molecule has 2 heterocycles. The fraction of sp³-hybridized carbons (Fsp3) is 0.316. The molecule has 0 aliphatic heterocycles. The van der Waals surface area contributed by atoms with E-state index in [-0.39, 0.29) is 30.1 Å². The van der Waals surface area contributed by atoms with Crippen LogP contribution in [-0.2, 0) is 7.05 Å². The number of nitrogens with zero attached hydrogens (tertiary/aromatic N) is 3. The van der Waals surface area contributed by atoms with Crippen molar-refractivity contribution in [3.63, 3.8) is 0 Å². The van der Waals surface area contributed by atoms with Crippen LogP contribution in [0.2, 0.25) is 0 Å². The first-order valence-electron chi connectivity index (χ1n) is 8.80. The predicted molar refractivity (Wildman–Crippen MR) is 101 cm³/mol. The van der Waals surface area contributed by atoms with Gasteiger partial charge in [0.2, 0.25) is 5.95 Å². The number of hydrogen-bond donors (Lipinski definition) is 2. The third-order valence-electron chi connectivity index (χ3n) is 4.22.